The second kappa shape index (κ2) is 5.88. The number of aliphatic imine (C=N–C) groups is 1. The Morgan fingerprint density at radius 3 is 2.40 bits per heavy atom. The fourth-order valence-corrected chi connectivity index (χ4v) is 1.56. The first-order chi connectivity index (χ1) is 9.60. The monoisotopic (exact) mass is 271 g/mol. The van der Waals surface area contributed by atoms with Crippen molar-refractivity contribution in [1.82, 2.24) is 0 Å². The third-order valence-electron chi connectivity index (χ3n) is 2.65. The lowest BCUT2D eigenvalue weighted by Gasteiger charge is -2.00. The van der Waals surface area contributed by atoms with Crippen LogP contribution in [0.25, 0.3) is 0 Å². The minimum Gasteiger partial charge on any atom is -0.504 e. The van der Waals surface area contributed by atoms with E-state index in [2.05, 4.69) is 9.73 Å². The molecule has 0 radical (unpaired) electrons. The average Bonchev–Trinajstić information content (AvgIpc) is 2.48. The molecule has 2 rings (SSSR count). The summed E-state index contributed by atoms with van der Waals surface area (Å²) in [4.78, 5) is 15.4. The van der Waals surface area contributed by atoms with E-state index in [1.165, 1.54) is 19.2 Å². The number of methoxy groups -OCH3 is 1. The molecule has 0 aliphatic heterocycles. The number of phenolic OH excluding ortho intramolecular Hbond substituents is 2. The van der Waals surface area contributed by atoms with Crippen molar-refractivity contribution >= 4 is 17.9 Å². The zero-order valence-electron chi connectivity index (χ0n) is 10.8. The maximum absolute atomic E-state index is 11.3. The van der Waals surface area contributed by atoms with Crippen LogP contribution in [0.4, 0.5) is 5.69 Å². The van der Waals surface area contributed by atoms with Crippen molar-refractivity contribution in [2.75, 3.05) is 7.11 Å². The number of phenols is 2. The molecule has 0 atom stereocenters. The molecule has 2 aromatic rings. The minimum atomic E-state index is -0.392. The van der Waals surface area contributed by atoms with Crippen molar-refractivity contribution in [3.8, 4) is 11.5 Å². The van der Waals surface area contributed by atoms with Crippen LogP contribution >= 0.6 is 0 Å². The highest BCUT2D eigenvalue weighted by molar-refractivity contribution is 5.91. The zero-order valence-corrected chi connectivity index (χ0v) is 10.8. The summed E-state index contributed by atoms with van der Waals surface area (Å²) in [5.41, 5.74) is 1.77. The fraction of sp³-hybridized carbons (Fsp3) is 0.0667. The molecule has 2 aromatic carbocycles. The standard InChI is InChI=1S/C15H13NO4/c1-20-15(19)11-4-2-10(3-5-11)9-16-12-6-7-13(17)14(18)8-12/h2-9,17-18H,1H3. The molecule has 0 aliphatic carbocycles. The van der Waals surface area contributed by atoms with E-state index >= 15 is 0 Å². The Hall–Kier alpha value is -2.82. The predicted molar refractivity (Wildman–Crippen MR) is 74.8 cm³/mol. The van der Waals surface area contributed by atoms with Crippen molar-refractivity contribution in [2.24, 2.45) is 4.99 Å². The van der Waals surface area contributed by atoms with Crippen LogP contribution in [0.1, 0.15) is 15.9 Å². The van der Waals surface area contributed by atoms with E-state index < -0.39 is 5.97 Å². The molecular formula is C15H13NO4. The van der Waals surface area contributed by atoms with Crippen LogP contribution in [0.2, 0.25) is 0 Å². The summed E-state index contributed by atoms with van der Waals surface area (Å²) in [6, 6.07) is 11.0. The van der Waals surface area contributed by atoms with Gasteiger partial charge in [-0.3, -0.25) is 4.99 Å². The van der Waals surface area contributed by atoms with E-state index in [0.717, 1.165) is 5.56 Å². The molecular weight excluding hydrogens is 258 g/mol. The summed E-state index contributed by atoms with van der Waals surface area (Å²) in [7, 11) is 1.33. The van der Waals surface area contributed by atoms with Gasteiger partial charge in [0.15, 0.2) is 11.5 Å². The maximum atomic E-state index is 11.3. The topological polar surface area (TPSA) is 79.1 Å². The lowest BCUT2D eigenvalue weighted by Crippen LogP contribution is -2.00. The number of rotatable bonds is 3. The number of carbonyl (C=O) groups excluding carboxylic acids is 1. The first-order valence-electron chi connectivity index (χ1n) is 5.84. The Morgan fingerprint density at radius 1 is 1.10 bits per heavy atom. The van der Waals surface area contributed by atoms with Crippen LogP contribution < -0.4 is 0 Å². The normalized spacial score (nSPS) is 10.7. The number of hydrogen-bond acceptors (Lipinski definition) is 5. The molecule has 102 valence electrons. The first-order valence-corrected chi connectivity index (χ1v) is 5.84. The molecule has 0 fully saturated rings. The smallest absolute Gasteiger partial charge is 0.337 e. The lowest BCUT2D eigenvalue weighted by atomic mass is 10.1. The van der Waals surface area contributed by atoms with Gasteiger partial charge in [0.2, 0.25) is 0 Å². The number of ether oxygens (including phenoxy) is 1. The van der Waals surface area contributed by atoms with E-state index in [4.69, 9.17) is 0 Å². The Balaban J connectivity index is 2.15. The van der Waals surface area contributed by atoms with Gasteiger partial charge in [0.25, 0.3) is 0 Å². The molecule has 2 N–H and O–H groups in total. The number of nitrogens with zero attached hydrogens (tertiary/aromatic N) is 1. The third-order valence-corrected chi connectivity index (χ3v) is 2.65. The second-order valence-electron chi connectivity index (χ2n) is 4.04. The zero-order chi connectivity index (χ0) is 14.5. The summed E-state index contributed by atoms with van der Waals surface area (Å²) in [5, 5.41) is 18.5. The van der Waals surface area contributed by atoms with E-state index in [1.54, 1.807) is 36.5 Å². The predicted octanol–water partition coefficient (Wildman–Crippen LogP) is 2.64. The largest absolute Gasteiger partial charge is 0.504 e. The van der Waals surface area contributed by atoms with Gasteiger partial charge in [-0.1, -0.05) is 12.1 Å². The van der Waals surface area contributed by atoms with Gasteiger partial charge in [-0.05, 0) is 29.8 Å². The van der Waals surface area contributed by atoms with Crippen LogP contribution in [0.3, 0.4) is 0 Å². The van der Waals surface area contributed by atoms with Gasteiger partial charge in [-0.15, -0.1) is 0 Å². The number of benzene rings is 2. The summed E-state index contributed by atoms with van der Waals surface area (Å²) in [5.74, 6) is -0.802. The molecule has 0 amide bonds. The molecule has 0 saturated heterocycles. The van der Waals surface area contributed by atoms with E-state index in [9.17, 15) is 15.0 Å². The van der Waals surface area contributed by atoms with E-state index in [-0.39, 0.29) is 11.5 Å². The number of carbonyl (C=O) groups is 1. The Kier molecular flexibility index (Phi) is 4.00. The highest BCUT2D eigenvalue weighted by Crippen LogP contribution is 2.28. The third kappa shape index (κ3) is 3.14. The van der Waals surface area contributed by atoms with Crippen molar-refractivity contribution < 1.29 is 19.7 Å². The summed E-state index contributed by atoms with van der Waals surface area (Å²) < 4.78 is 4.61. The number of esters is 1. The number of hydrogen-bond donors (Lipinski definition) is 2. The molecule has 5 heteroatoms. The van der Waals surface area contributed by atoms with Crippen LogP contribution in [-0.2, 0) is 4.74 Å². The highest BCUT2D eigenvalue weighted by Gasteiger charge is 2.03. The van der Waals surface area contributed by atoms with Crippen molar-refractivity contribution in [3.05, 3.63) is 53.6 Å². The molecule has 0 aromatic heterocycles. The second-order valence-corrected chi connectivity index (χ2v) is 4.04. The SMILES string of the molecule is COC(=O)c1ccc(C=Nc2ccc(O)c(O)c2)cc1. The van der Waals surface area contributed by atoms with Gasteiger partial charge in [0.1, 0.15) is 0 Å². The van der Waals surface area contributed by atoms with Crippen LogP contribution in [0.5, 0.6) is 11.5 Å². The van der Waals surface area contributed by atoms with Crippen LogP contribution in [0, 0.1) is 0 Å². The molecule has 0 aliphatic rings. The van der Waals surface area contributed by atoms with Crippen molar-refractivity contribution in [1.29, 1.82) is 0 Å². The Labute approximate surface area is 115 Å². The Morgan fingerprint density at radius 2 is 1.80 bits per heavy atom. The van der Waals surface area contributed by atoms with E-state index in [0.29, 0.717) is 11.3 Å². The number of aromatic hydroxyl groups is 2. The van der Waals surface area contributed by atoms with Gasteiger partial charge in [-0.2, -0.15) is 0 Å². The lowest BCUT2D eigenvalue weighted by molar-refractivity contribution is 0.0600. The summed E-state index contributed by atoms with van der Waals surface area (Å²) in [6.07, 6.45) is 1.59. The van der Waals surface area contributed by atoms with Gasteiger partial charge in [0.05, 0.1) is 18.4 Å². The van der Waals surface area contributed by atoms with Gasteiger partial charge in [0, 0.05) is 12.3 Å². The average molecular weight is 271 g/mol. The highest BCUT2D eigenvalue weighted by atomic mass is 16.5. The van der Waals surface area contributed by atoms with E-state index in [1.807, 2.05) is 0 Å². The van der Waals surface area contributed by atoms with Gasteiger partial charge < -0.3 is 14.9 Å². The molecule has 0 heterocycles. The first kappa shape index (κ1) is 13.6. The van der Waals surface area contributed by atoms with Crippen molar-refractivity contribution in [2.45, 2.75) is 0 Å². The molecule has 0 spiro atoms. The fourth-order valence-electron chi connectivity index (χ4n) is 1.56. The Bertz CT molecular complexity index is 647. The van der Waals surface area contributed by atoms with Crippen molar-refractivity contribution in [3.63, 3.8) is 0 Å². The molecule has 0 unspecified atom stereocenters. The van der Waals surface area contributed by atoms with Crippen LogP contribution in [0.15, 0.2) is 47.5 Å². The van der Waals surface area contributed by atoms with Crippen LogP contribution in [-0.4, -0.2) is 29.5 Å². The van der Waals surface area contributed by atoms with Gasteiger partial charge >= 0.3 is 5.97 Å². The molecule has 5 nitrogen and oxygen atoms in total. The summed E-state index contributed by atoms with van der Waals surface area (Å²) in [6.45, 7) is 0. The molecule has 0 bridgehead atoms. The molecule has 0 saturated carbocycles. The van der Waals surface area contributed by atoms with Gasteiger partial charge in [-0.25, -0.2) is 4.79 Å². The maximum Gasteiger partial charge on any atom is 0.337 e. The minimum absolute atomic E-state index is 0.189. The quantitative estimate of drug-likeness (QED) is 0.511. The molecule has 20 heavy (non-hydrogen) atoms. The summed E-state index contributed by atoms with van der Waals surface area (Å²) >= 11 is 0.